The van der Waals surface area contributed by atoms with E-state index in [1.54, 1.807) is 0 Å². The van der Waals surface area contributed by atoms with Gasteiger partial charge >= 0.3 is 0 Å². The number of rotatable bonds is 3. The van der Waals surface area contributed by atoms with Gasteiger partial charge in [-0.05, 0) is 49.8 Å². The number of nitrogens with one attached hydrogen (secondary N) is 1. The summed E-state index contributed by atoms with van der Waals surface area (Å²) in [5, 5.41) is 12.1. The highest BCUT2D eigenvalue weighted by atomic mass is 15.3. The Morgan fingerprint density at radius 2 is 1.97 bits per heavy atom. The molecule has 3 N–H and O–H groups in total. The van der Waals surface area contributed by atoms with Crippen LogP contribution in [-0.2, 0) is 13.5 Å². The number of piperidine rings is 1. The quantitative estimate of drug-likeness (QED) is 0.501. The summed E-state index contributed by atoms with van der Waals surface area (Å²) < 4.78 is 1.85. The Morgan fingerprint density at radius 1 is 1.12 bits per heavy atom. The number of hydrogen-bond acceptors (Lipinski definition) is 7. The maximum Gasteiger partial charge on any atom is 0.183 e. The van der Waals surface area contributed by atoms with Gasteiger partial charge in [-0.2, -0.15) is 10.2 Å². The molecule has 0 bridgehead atoms. The van der Waals surface area contributed by atoms with E-state index >= 15 is 0 Å². The molecule has 6 rings (SSSR count). The zero-order valence-electron chi connectivity index (χ0n) is 19.1. The third kappa shape index (κ3) is 3.52. The molecule has 9 nitrogen and oxygen atoms in total. The maximum absolute atomic E-state index is 6.29. The summed E-state index contributed by atoms with van der Waals surface area (Å²) in [6.45, 7) is 4.81. The zero-order valence-corrected chi connectivity index (χ0v) is 19.1. The van der Waals surface area contributed by atoms with Gasteiger partial charge in [-0.25, -0.2) is 9.97 Å². The molecular weight excluding hydrogens is 414 g/mol. The van der Waals surface area contributed by atoms with Gasteiger partial charge < -0.3 is 15.5 Å². The van der Waals surface area contributed by atoms with Gasteiger partial charge in [0.25, 0.3) is 0 Å². The zero-order chi connectivity index (χ0) is 22.6. The average Bonchev–Trinajstić information content (AvgIpc) is 3.44. The fourth-order valence-corrected chi connectivity index (χ4v) is 5.04. The average molecular weight is 444 g/mol. The molecule has 2 aliphatic heterocycles. The van der Waals surface area contributed by atoms with Crippen LogP contribution in [0, 0.1) is 0 Å². The second-order valence-electron chi connectivity index (χ2n) is 9.57. The number of aromatic nitrogens is 6. The Bertz CT molecular complexity index is 1310. The van der Waals surface area contributed by atoms with Crippen LogP contribution in [0.3, 0.4) is 0 Å². The third-order valence-electron chi connectivity index (χ3n) is 6.99. The molecule has 3 aromatic heterocycles. The second-order valence-corrected chi connectivity index (χ2v) is 9.57. The number of anilines is 3. The molecule has 0 radical (unpaired) electrons. The number of H-pyrrole nitrogens is 1. The van der Waals surface area contributed by atoms with E-state index in [-0.39, 0.29) is 5.54 Å². The lowest BCUT2D eigenvalue weighted by Gasteiger charge is -2.37. The van der Waals surface area contributed by atoms with E-state index in [0.717, 1.165) is 73.7 Å². The van der Waals surface area contributed by atoms with Crippen molar-refractivity contribution < 1.29 is 0 Å². The molecule has 33 heavy (non-hydrogen) atoms. The lowest BCUT2D eigenvalue weighted by atomic mass is 9.91. The Hall–Kier alpha value is -3.46. The van der Waals surface area contributed by atoms with Crippen LogP contribution >= 0.6 is 0 Å². The monoisotopic (exact) mass is 443 g/mol. The van der Waals surface area contributed by atoms with Gasteiger partial charge in [0.05, 0.1) is 12.4 Å². The van der Waals surface area contributed by atoms with Crippen LogP contribution in [0.25, 0.3) is 22.3 Å². The van der Waals surface area contributed by atoms with E-state index in [1.165, 1.54) is 16.8 Å². The molecule has 170 valence electrons. The largest absolute Gasteiger partial charge is 0.355 e. The number of aryl methyl sites for hydroxylation is 1. The van der Waals surface area contributed by atoms with Crippen molar-refractivity contribution in [3.63, 3.8) is 0 Å². The summed E-state index contributed by atoms with van der Waals surface area (Å²) in [7, 11) is 1.95. The predicted molar refractivity (Wildman–Crippen MR) is 130 cm³/mol. The van der Waals surface area contributed by atoms with Gasteiger partial charge in [-0.15, -0.1) is 0 Å². The molecule has 1 aromatic carbocycles. The maximum atomic E-state index is 6.29. The van der Waals surface area contributed by atoms with Crippen LogP contribution in [0.1, 0.15) is 31.7 Å². The smallest absolute Gasteiger partial charge is 0.183 e. The first-order valence-corrected chi connectivity index (χ1v) is 11.6. The van der Waals surface area contributed by atoms with Gasteiger partial charge in [-0.3, -0.25) is 9.78 Å². The lowest BCUT2D eigenvalue weighted by molar-refractivity contribution is 0.363. The summed E-state index contributed by atoms with van der Waals surface area (Å²) in [6, 6.07) is 6.47. The molecule has 1 saturated heterocycles. The third-order valence-corrected chi connectivity index (χ3v) is 6.99. The Labute approximate surface area is 192 Å². The van der Waals surface area contributed by atoms with E-state index in [0.29, 0.717) is 0 Å². The molecule has 0 amide bonds. The Balaban J connectivity index is 1.35. The van der Waals surface area contributed by atoms with Crippen molar-refractivity contribution in [3.05, 3.63) is 42.4 Å². The minimum absolute atomic E-state index is 0.0918. The van der Waals surface area contributed by atoms with Crippen LogP contribution in [0.15, 0.2) is 36.8 Å². The molecule has 0 atom stereocenters. The second kappa shape index (κ2) is 7.55. The number of hydrogen-bond donors (Lipinski definition) is 2. The highest BCUT2D eigenvalue weighted by Crippen LogP contribution is 2.39. The highest BCUT2D eigenvalue weighted by molar-refractivity contribution is 5.89. The molecule has 5 heterocycles. The molecule has 2 aliphatic rings. The number of benzene rings is 1. The van der Waals surface area contributed by atoms with E-state index in [2.05, 4.69) is 56.4 Å². The van der Waals surface area contributed by atoms with Gasteiger partial charge in [0, 0.05) is 49.7 Å². The van der Waals surface area contributed by atoms with Crippen molar-refractivity contribution in [3.8, 4) is 11.1 Å². The summed E-state index contributed by atoms with van der Waals surface area (Å²) in [4.78, 5) is 14.2. The van der Waals surface area contributed by atoms with E-state index in [4.69, 9.17) is 15.7 Å². The van der Waals surface area contributed by atoms with Gasteiger partial charge in [0.15, 0.2) is 17.0 Å². The summed E-state index contributed by atoms with van der Waals surface area (Å²) in [5.41, 5.74) is 12.6. The summed E-state index contributed by atoms with van der Waals surface area (Å²) in [5.74, 6) is 1.72. The number of aromatic amines is 1. The van der Waals surface area contributed by atoms with Crippen LogP contribution in [0.4, 0.5) is 17.3 Å². The molecule has 0 unspecified atom stereocenters. The standard InChI is InChI=1S/C24H29N9/c1-24(25)8-11-32(12-9-24)20-14-26-21-22(28-20)29-30-23(21)33-10-4-6-18-17(5-3-7-19(18)33)16-13-27-31(2)15-16/h3,5,7,13-15H,4,6,8-12,25H2,1-2H3,(H,28,29,30). The molecule has 0 spiro atoms. The van der Waals surface area contributed by atoms with Crippen molar-refractivity contribution in [2.75, 3.05) is 29.4 Å². The molecular formula is C24H29N9. The molecule has 0 saturated carbocycles. The summed E-state index contributed by atoms with van der Waals surface area (Å²) in [6.07, 6.45) is 9.85. The van der Waals surface area contributed by atoms with Gasteiger partial charge in [0.1, 0.15) is 5.82 Å². The number of nitrogens with two attached hydrogens (primary N) is 1. The van der Waals surface area contributed by atoms with Crippen molar-refractivity contribution in [2.24, 2.45) is 12.8 Å². The molecule has 4 aromatic rings. The van der Waals surface area contributed by atoms with Crippen molar-refractivity contribution >= 4 is 28.5 Å². The Morgan fingerprint density at radius 3 is 2.76 bits per heavy atom. The predicted octanol–water partition coefficient (Wildman–Crippen LogP) is 3.16. The fourth-order valence-electron chi connectivity index (χ4n) is 5.04. The number of nitrogens with zero attached hydrogens (tertiary/aromatic N) is 7. The van der Waals surface area contributed by atoms with Crippen molar-refractivity contribution in [1.29, 1.82) is 0 Å². The van der Waals surface area contributed by atoms with Crippen molar-refractivity contribution in [1.82, 2.24) is 29.9 Å². The topological polar surface area (TPSA) is 105 Å². The fraction of sp³-hybridized carbons (Fsp3) is 0.417. The van der Waals surface area contributed by atoms with Crippen LogP contribution < -0.4 is 15.5 Å². The minimum Gasteiger partial charge on any atom is -0.355 e. The molecule has 9 heteroatoms. The Kier molecular flexibility index (Phi) is 4.62. The summed E-state index contributed by atoms with van der Waals surface area (Å²) >= 11 is 0. The van der Waals surface area contributed by atoms with Crippen LogP contribution in [0.5, 0.6) is 0 Å². The SMILES string of the molecule is Cn1cc(-c2cccc3c2CCCN3c2n[nH]c3nc(N4CCC(C)(N)CC4)cnc23)cn1. The van der Waals surface area contributed by atoms with Crippen LogP contribution in [0.2, 0.25) is 0 Å². The van der Waals surface area contributed by atoms with E-state index < -0.39 is 0 Å². The first-order chi connectivity index (χ1) is 16.0. The highest BCUT2D eigenvalue weighted by Gasteiger charge is 2.28. The van der Waals surface area contributed by atoms with Crippen LogP contribution in [-0.4, -0.2) is 55.1 Å². The minimum atomic E-state index is -0.0918. The normalized spacial score (nSPS) is 18.0. The van der Waals surface area contributed by atoms with E-state index in [1.807, 2.05) is 24.1 Å². The van der Waals surface area contributed by atoms with E-state index in [9.17, 15) is 0 Å². The lowest BCUT2D eigenvalue weighted by Crippen LogP contribution is -2.48. The van der Waals surface area contributed by atoms with Gasteiger partial charge in [-0.1, -0.05) is 12.1 Å². The van der Waals surface area contributed by atoms with Gasteiger partial charge in [0.2, 0.25) is 0 Å². The molecule has 1 fully saturated rings. The first kappa shape index (κ1) is 20.2. The molecule has 0 aliphatic carbocycles. The first-order valence-electron chi connectivity index (χ1n) is 11.6. The number of fused-ring (bicyclic) bond motifs is 2. The van der Waals surface area contributed by atoms with Crippen molar-refractivity contribution in [2.45, 2.75) is 38.1 Å².